The molecule has 2 atom stereocenters. The fraction of sp³-hybridized carbons (Fsp3) is 1.00. The van der Waals surface area contributed by atoms with E-state index >= 15 is 0 Å². The fourth-order valence-corrected chi connectivity index (χ4v) is 4.42. The van der Waals surface area contributed by atoms with Gasteiger partial charge in [0.15, 0.2) is 0 Å². The molecule has 0 aliphatic rings. The fourth-order valence-electron chi connectivity index (χ4n) is 4.42. The standard InChI is InChI=1S/C28H58O2/c1-5-7-9-11-12-13-14-15-16-18-21-27(3)25-28(4)22-20-24-30-26-29-23-19-17-10-8-6-2/h27-28H,5-26H2,1-4H3. The molecule has 2 unspecified atom stereocenters. The van der Waals surface area contributed by atoms with E-state index < -0.39 is 0 Å². The smallest absolute Gasteiger partial charge is 0.146 e. The molecule has 0 N–H and O–H groups in total. The molecule has 182 valence electrons. The van der Waals surface area contributed by atoms with Crippen LogP contribution in [-0.2, 0) is 9.47 Å². The molecule has 0 spiro atoms. The third-order valence-electron chi connectivity index (χ3n) is 6.40. The van der Waals surface area contributed by atoms with Crippen LogP contribution in [0, 0.1) is 11.8 Å². The Balaban J connectivity index is 3.29. The van der Waals surface area contributed by atoms with Crippen LogP contribution in [0.15, 0.2) is 0 Å². The molecule has 0 amide bonds. The maximum Gasteiger partial charge on any atom is 0.146 e. The van der Waals surface area contributed by atoms with E-state index in [4.69, 9.17) is 9.47 Å². The second kappa shape index (κ2) is 25.2. The van der Waals surface area contributed by atoms with E-state index in [0.717, 1.165) is 25.0 Å². The van der Waals surface area contributed by atoms with Crippen LogP contribution in [0.4, 0.5) is 0 Å². The first-order valence-corrected chi connectivity index (χ1v) is 13.9. The van der Waals surface area contributed by atoms with Crippen LogP contribution in [-0.4, -0.2) is 20.0 Å². The van der Waals surface area contributed by atoms with Crippen molar-refractivity contribution in [2.24, 2.45) is 11.8 Å². The Hall–Kier alpha value is -0.0800. The molecular formula is C28H58O2. The van der Waals surface area contributed by atoms with Gasteiger partial charge in [0.1, 0.15) is 6.79 Å². The van der Waals surface area contributed by atoms with Crippen LogP contribution in [0.1, 0.15) is 150 Å². The van der Waals surface area contributed by atoms with E-state index in [0.29, 0.717) is 6.79 Å². The minimum atomic E-state index is 0.483. The molecule has 2 nitrogen and oxygen atoms in total. The number of hydrogen-bond acceptors (Lipinski definition) is 2. The van der Waals surface area contributed by atoms with Gasteiger partial charge in [-0.1, -0.05) is 124 Å². The Morgan fingerprint density at radius 2 is 0.867 bits per heavy atom. The summed E-state index contributed by atoms with van der Waals surface area (Å²) in [4.78, 5) is 0. The first kappa shape index (κ1) is 29.9. The largest absolute Gasteiger partial charge is 0.355 e. The Morgan fingerprint density at radius 3 is 1.40 bits per heavy atom. The van der Waals surface area contributed by atoms with Crippen molar-refractivity contribution in [3.05, 3.63) is 0 Å². The molecule has 30 heavy (non-hydrogen) atoms. The van der Waals surface area contributed by atoms with Gasteiger partial charge < -0.3 is 9.47 Å². The van der Waals surface area contributed by atoms with Gasteiger partial charge in [-0.2, -0.15) is 0 Å². The summed E-state index contributed by atoms with van der Waals surface area (Å²) in [5.41, 5.74) is 0. The Morgan fingerprint density at radius 1 is 0.467 bits per heavy atom. The monoisotopic (exact) mass is 426 g/mol. The van der Waals surface area contributed by atoms with Gasteiger partial charge in [0.25, 0.3) is 0 Å². The molecule has 0 bridgehead atoms. The second-order valence-electron chi connectivity index (χ2n) is 9.91. The lowest BCUT2D eigenvalue weighted by Gasteiger charge is -2.17. The van der Waals surface area contributed by atoms with Gasteiger partial charge in [-0.15, -0.1) is 0 Å². The highest BCUT2D eigenvalue weighted by atomic mass is 16.7. The highest BCUT2D eigenvalue weighted by Gasteiger charge is 2.08. The number of unbranched alkanes of at least 4 members (excludes halogenated alkanes) is 13. The van der Waals surface area contributed by atoms with E-state index in [9.17, 15) is 0 Å². The molecule has 0 aliphatic carbocycles. The van der Waals surface area contributed by atoms with Gasteiger partial charge in [0, 0.05) is 13.2 Å². The van der Waals surface area contributed by atoms with Crippen molar-refractivity contribution in [1.29, 1.82) is 0 Å². The van der Waals surface area contributed by atoms with E-state index in [1.807, 2.05) is 0 Å². The zero-order valence-corrected chi connectivity index (χ0v) is 21.5. The first-order valence-electron chi connectivity index (χ1n) is 13.9. The van der Waals surface area contributed by atoms with Crippen LogP contribution >= 0.6 is 0 Å². The van der Waals surface area contributed by atoms with Crippen molar-refractivity contribution in [1.82, 2.24) is 0 Å². The molecule has 0 heterocycles. The van der Waals surface area contributed by atoms with E-state index in [1.165, 1.54) is 122 Å². The SMILES string of the molecule is CCCCCCCCCCCCC(C)CC(C)CCCOCOCCCCCCC. The predicted octanol–water partition coefficient (Wildman–Crippen LogP) is 9.70. The molecule has 0 aromatic rings. The predicted molar refractivity (Wildman–Crippen MR) is 134 cm³/mol. The van der Waals surface area contributed by atoms with Crippen molar-refractivity contribution in [2.75, 3.05) is 20.0 Å². The van der Waals surface area contributed by atoms with Crippen molar-refractivity contribution in [3.63, 3.8) is 0 Å². The lowest BCUT2D eigenvalue weighted by Crippen LogP contribution is -2.07. The molecule has 0 rings (SSSR count). The molecule has 2 heteroatoms. The quantitative estimate of drug-likeness (QED) is 0.107. The number of ether oxygens (including phenoxy) is 2. The normalized spacial score (nSPS) is 13.6. The summed E-state index contributed by atoms with van der Waals surface area (Å²) in [5, 5.41) is 0. The summed E-state index contributed by atoms with van der Waals surface area (Å²) in [7, 11) is 0. The molecule has 0 saturated carbocycles. The van der Waals surface area contributed by atoms with Crippen LogP contribution in [0.2, 0.25) is 0 Å². The van der Waals surface area contributed by atoms with Crippen molar-refractivity contribution < 1.29 is 9.47 Å². The molecule has 0 aliphatic heterocycles. The third kappa shape index (κ3) is 24.2. The van der Waals surface area contributed by atoms with Gasteiger partial charge in [-0.25, -0.2) is 0 Å². The Bertz CT molecular complexity index is 305. The summed E-state index contributed by atoms with van der Waals surface area (Å²) in [5.74, 6) is 1.71. The van der Waals surface area contributed by atoms with E-state index in [-0.39, 0.29) is 0 Å². The third-order valence-corrected chi connectivity index (χ3v) is 6.40. The zero-order valence-electron chi connectivity index (χ0n) is 21.5. The van der Waals surface area contributed by atoms with Gasteiger partial charge in [0.05, 0.1) is 0 Å². The maximum absolute atomic E-state index is 5.63. The summed E-state index contributed by atoms with van der Waals surface area (Å²) in [6.07, 6.45) is 26.1. The molecule has 0 radical (unpaired) electrons. The minimum Gasteiger partial charge on any atom is -0.355 e. The molecular weight excluding hydrogens is 368 g/mol. The van der Waals surface area contributed by atoms with Crippen LogP contribution in [0.5, 0.6) is 0 Å². The van der Waals surface area contributed by atoms with Gasteiger partial charge in [-0.05, 0) is 37.5 Å². The highest BCUT2D eigenvalue weighted by molar-refractivity contribution is 4.61. The lowest BCUT2D eigenvalue weighted by molar-refractivity contribution is -0.0561. The average Bonchev–Trinajstić information content (AvgIpc) is 2.73. The molecule has 0 saturated heterocycles. The number of rotatable bonds is 25. The first-order chi connectivity index (χ1) is 14.7. The molecule has 0 aromatic heterocycles. The van der Waals surface area contributed by atoms with Crippen molar-refractivity contribution >= 4 is 0 Å². The van der Waals surface area contributed by atoms with Crippen LogP contribution in [0.25, 0.3) is 0 Å². The topological polar surface area (TPSA) is 18.5 Å². The maximum atomic E-state index is 5.63. The summed E-state index contributed by atoms with van der Waals surface area (Å²) in [6.45, 7) is 11.6. The van der Waals surface area contributed by atoms with Gasteiger partial charge in [0.2, 0.25) is 0 Å². The Kier molecular flexibility index (Phi) is 25.1. The zero-order chi connectivity index (χ0) is 22.1. The summed E-state index contributed by atoms with van der Waals surface area (Å²) < 4.78 is 11.2. The van der Waals surface area contributed by atoms with Gasteiger partial charge >= 0.3 is 0 Å². The Labute approximate surface area is 191 Å². The van der Waals surface area contributed by atoms with Crippen LogP contribution in [0.3, 0.4) is 0 Å². The van der Waals surface area contributed by atoms with E-state index in [1.54, 1.807) is 0 Å². The van der Waals surface area contributed by atoms with E-state index in [2.05, 4.69) is 27.7 Å². The highest BCUT2D eigenvalue weighted by Crippen LogP contribution is 2.22. The number of hydrogen-bond donors (Lipinski definition) is 0. The summed E-state index contributed by atoms with van der Waals surface area (Å²) in [6, 6.07) is 0. The molecule has 0 aromatic carbocycles. The second-order valence-corrected chi connectivity index (χ2v) is 9.91. The van der Waals surface area contributed by atoms with Crippen molar-refractivity contribution in [2.45, 2.75) is 150 Å². The van der Waals surface area contributed by atoms with Gasteiger partial charge in [-0.3, -0.25) is 0 Å². The summed E-state index contributed by atoms with van der Waals surface area (Å²) >= 11 is 0. The average molecular weight is 427 g/mol. The minimum absolute atomic E-state index is 0.483. The van der Waals surface area contributed by atoms with Crippen molar-refractivity contribution in [3.8, 4) is 0 Å². The lowest BCUT2D eigenvalue weighted by atomic mass is 9.90. The molecule has 0 fully saturated rings. The van der Waals surface area contributed by atoms with Crippen LogP contribution < -0.4 is 0 Å².